The average Bonchev–Trinajstić information content (AvgIpc) is 2.30. The van der Waals surface area contributed by atoms with Gasteiger partial charge in [-0.25, -0.2) is 4.39 Å². The standard InChI is InChI=1S/C12H15ClFNO2.ClH/c1-12(2,11(16)17-3)10(15)8-6-7(13)4-5-9(8)14;/h4-6,10H,15H2,1-3H3;1H/t10-;/m0./s1. The molecule has 0 saturated carbocycles. The quantitative estimate of drug-likeness (QED) is 0.872. The van der Waals surface area contributed by atoms with Crippen LogP contribution in [0.3, 0.4) is 0 Å². The zero-order valence-electron chi connectivity index (χ0n) is 10.4. The van der Waals surface area contributed by atoms with Crippen LogP contribution in [0.2, 0.25) is 5.02 Å². The van der Waals surface area contributed by atoms with Gasteiger partial charge in [-0.3, -0.25) is 4.79 Å². The third-order valence-electron chi connectivity index (χ3n) is 2.78. The lowest BCUT2D eigenvalue weighted by Gasteiger charge is -2.29. The van der Waals surface area contributed by atoms with Crippen molar-refractivity contribution in [2.75, 3.05) is 7.11 Å². The summed E-state index contributed by atoms with van der Waals surface area (Å²) in [5, 5.41) is 0.373. The van der Waals surface area contributed by atoms with E-state index >= 15 is 0 Å². The van der Waals surface area contributed by atoms with E-state index < -0.39 is 23.2 Å². The van der Waals surface area contributed by atoms with Crippen LogP contribution in [0.1, 0.15) is 25.5 Å². The van der Waals surface area contributed by atoms with Crippen LogP contribution < -0.4 is 5.73 Å². The molecule has 0 aliphatic rings. The molecular weight excluding hydrogens is 280 g/mol. The molecule has 0 bridgehead atoms. The highest BCUT2D eigenvalue weighted by Gasteiger charge is 2.37. The number of hydrogen-bond acceptors (Lipinski definition) is 3. The van der Waals surface area contributed by atoms with Crippen molar-refractivity contribution in [3.8, 4) is 0 Å². The van der Waals surface area contributed by atoms with Crippen molar-refractivity contribution in [2.24, 2.45) is 11.1 Å². The molecule has 0 fully saturated rings. The molecule has 3 nitrogen and oxygen atoms in total. The summed E-state index contributed by atoms with van der Waals surface area (Å²) >= 11 is 5.79. The number of methoxy groups -OCH3 is 1. The number of halogens is 3. The summed E-state index contributed by atoms with van der Waals surface area (Å²) < 4.78 is 18.3. The van der Waals surface area contributed by atoms with Gasteiger partial charge in [-0.1, -0.05) is 11.6 Å². The molecule has 1 atom stereocenters. The molecular formula is C12H16Cl2FNO2. The maximum atomic E-state index is 13.6. The van der Waals surface area contributed by atoms with E-state index in [2.05, 4.69) is 4.74 Å². The van der Waals surface area contributed by atoms with E-state index in [4.69, 9.17) is 17.3 Å². The zero-order valence-corrected chi connectivity index (χ0v) is 11.9. The lowest BCUT2D eigenvalue weighted by Crippen LogP contribution is -2.37. The van der Waals surface area contributed by atoms with Crippen LogP contribution in [-0.2, 0) is 9.53 Å². The van der Waals surface area contributed by atoms with Gasteiger partial charge in [-0.15, -0.1) is 12.4 Å². The molecule has 0 saturated heterocycles. The topological polar surface area (TPSA) is 52.3 Å². The van der Waals surface area contributed by atoms with Crippen LogP contribution >= 0.6 is 24.0 Å². The minimum Gasteiger partial charge on any atom is -0.469 e. The van der Waals surface area contributed by atoms with Crippen molar-refractivity contribution in [2.45, 2.75) is 19.9 Å². The SMILES string of the molecule is COC(=O)C(C)(C)[C@@H](N)c1cc(Cl)ccc1F.Cl. The van der Waals surface area contributed by atoms with Crippen LogP contribution in [0.5, 0.6) is 0 Å². The van der Waals surface area contributed by atoms with Gasteiger partial charge >= 0.3 is 5.97 Å². The van der Waals surface area contributed by atoms with E-state index in [1.165, 1.54) is 25.3 Å². The van der Waals surface area contributed by atoms with Crippen LogP contribution in [-0.4, -0.2) is 13.1 Å². The van der Waals surface area contributed by atoms with Gasteiger partial charge in [0, 0.05) is 16.6 Å². The summed E-state index contributed by atoms with van der Waals surface area (Å²) in [6, 6.07) is 3.25. The zero-order chi connectivity index (χ0) is 13.2. The first kappa shape index (κ1) is 17.2. The molecule has 0 aliphatic heterocycles. The van der Waals surface area contributed by atoms with Crippen molar-refractivity contribution >= 4 is 30.0 Å². The normalized spacial score (nSPS) is 12.6. The number of nitrogens with two attached hydrogens (primary N) is 1. The largest absolute Gasteiger partial charge is 0.469 e. The van der Waals surface area contributed by atoms with Crippen LogP contribution in [0, 0.1) is 11.2 Å². The lowest BCUT2D eigenvalue weighted by atomic mass is 9.81. The van der Waals surface area contributed by atoms with E-state index in [1.807, 2.05) is 0 Å². The summed E-state index contributed by atoms with van der Waals surface area (Å²) in [6.45, 7) is 3.20. The fourth-order valence-electron chi connectivity index (χ4n) is 1.53. The molecule has 2 N–H and O–H groups in total. The summed E-state index contributed by atoms with van der Waals surface area (Å²) in [7, 11) is 1.27. The second kappa shape index (κ2) is 6.36. The van der Waals surface area contributed by atoms with Gasteiger partial charge < -0.3 is 10.5 Å². The summed E-state index contributed by atoms with van der Waals surface area (Å²) in [5.74, 6) is -0.983. The number of carbonyl (C=O) groups is 1. The molecule has 1 aromatic carbocycles. The van der Waals surface area contributed by atoms with E-state index in [0.717, 1.165) is 0 Å². The minimum atomic E-state index is -1.03. The average molecular weight is 296 g/mol. The first-order valence-electron chi connectivity index (χ1n) is 5.09. The van der Waals surface area contributed by atoms with Gasteiger partial charge in [0.05, 0.1) is 12.5 Å². The minimum absolute atomic E-state index is 0. The number of hydrogen-bond donors (Lipinski definition) is 1. The molecule has 1 rings (SSSR count). The van der Waals surface area contributed by atoms with Gasteiger partial charge in [0.2, 0.25) is 0 Å². The molecule has 0 radical (unpaired) electrons. The van der Waals surface area contributed by atoms with Crippen LogP contribution in [0.4, 0.5) is 4.39 Å². The van der Waals surface area contributed by atoms with E-state index in [9.17, 15) is 9.18 Å². The maximum absolute atomic E-state index is 13.6. The second-order valence-electron chi connectivity index (χ2n) is 4.36. The number of rotatable bonds is 3. The fraction of sp³-hybridized carbons (Fsp3) is 0.417. The van der Waals surface area contributed by atoms with Gasteiger partial charge in [0.1, 0.15) is 5.82 Å². The Morgan fingerprint density at radius 2 is 2.06 bits per heavy atom. The Bertz CT molecular complexity index is 438. The van der Waals surface area contributed by atoms with Gasteiger partial charge in [0.15, 0.2) is 0 Å². The third-order valence-corrected chi connectivity index (χ3v) is 3.02. The summed E-state index contributed by atoms with van der Waals surface area (Å²) in [5.41, 5.74) is 5.09. The highest BCUT2D eigenvalue weighted by atomic mass is 35.5. The molecule has 0 aliphatic carbocycles. The predicted octanol–water partition coefficient (Wildman–Crippen LogP) is 3.10. The third kappa shape index (κ3) is 3.34. The molecule has 0 amide bonds. The Morgan fingerprint density at radius 3 is 2.56 bits per heavy atom. The molecule has 6 heteroatoms. The maximum Gasteiger partial charge on any atom is 0.313 e. The van der Waals surface area contributed by atoms with Crippen molar-refractivity contribution < 1.29 is 13.9 Å². The van der Waals surface area contributed by atoms with Crippen molar-refractivity contribution in [3.05, 3.63) is 34.6 Å². The Balaban J connectivity index is 0.00000289. The Hall–Kier alpha value is -0.840. The molecule has 102 valence electrons. The van der Waals surface area contributed by atoms with E-state index in [0.29, 0.717) is 5.02 Å². The Kier molecular flexibility index (Phi) is 6.07. The monoisotopic (exact) mass is 295 g/mol. The predicted molar refractivity (Wildman–Crippen MR) is 71.4 cm³/mol. The van der Waals surface area contributed by atoms with E-state index in [-0.39, 0.29) is 18.0 Å². The summed E-state index contributed by atoms with van der Waals surface area (Å²) in [6.07, 6.45) is 0. The lowest BCUT2D eigenvalue weighted by molar-refractivity contribution is -0.152. The number of ether oxygens (including phenoxy) is 1. The number of carbonyl (C=O) groups excluding carboxylic acids is 1. The number of benzene rings is 1. The van der Waals surface area contributed by atoms with E-state index in [1.54, 1.807) is 13.8 Å². The summed E-state index contributed by atoms with van der Waals surface area (Å²) in [4.78, 5) is 11.6. The van der Waals surface area contributed by atoms with Crippen LogP contribution in [0.15, 0.2) is 18.2 Å². The van der Waals surface area contributed by atoms with Crippen molar-refractivity contribution in [1.82, 2.24) is 0 Å². The van der Waals surface area contributed by atoms with Gasteiger partial charge in [0.25, 0.3) is 0 Å². The van der Waals surface area contributed by atoms with Gasteiger partial charge in [-0.05, 0) is 32.0 Å². The van der Waals surface area contributed by atoms with Crippen molar-refractivity contribution in [1.29, 1.82) is 0 Å². The molecule has 0 spiro atoms. The fourth-order valence-corrected chi connectivity index (χ4v) is 1.71. The highest BCUT2D eigenvalue weighted by molar-refractivity contribution is 6.30. The van der Waals surface area contributed by atoms with Crippen LogP contribution in [0.25, 0.3) is 0 Å². The second-order valence-corrected chi connectivity index (χ2v) is 4.79. The smallest absolute Gasteiger partial charge is 0.313 e. The Labute approximate surface area is 117 Å². The van der Waals surface area contributed by atoms with Crippen molar-refractivity contribution in [3.63, 3.8) is 0 Å². The molecule has 0 aromatic heterocycles. The number of esters is 1. The first-order chi connectivity index (χ1) is 7.80. The first-order valence-corrected chi connectivity index (χ1v) is 5.47. The molecule has 1 aromatic rings. The highest BCUT2D eigenvalue weighted by Crippen LogP contribution is 2.34. The van der Waals surface area contributed by atoms with Gasteiger partial charge in [-0.2, -0.15) is 0 Å². The molecule has 0 heterocycles. The molecule has 18 heavy (non-hydrogen) atoms. The molecule has 0 unspecified atom stereocenters. The Morgan fingerprint density at radius 1 is 1.50 bits per heavy atom.